The van der Waals surface area contributed by atoms with E-state index in [1.807, 2.05) is 11.7 Å². The van der Waals surface area contributed by atoms with E-state index in [0.717, 1.165) is 12.2 Å². The first-order chi connectivity index (χ1) is 8.87. The zero-order valence-electron chi connectivity index (χ0n) is 12.2. The molecule has 0 aromatic carbocycles. The number of thiophene rings is 1. The Morgan fingerprint density at radius 1 is 1.42 bits per heavy atom. The molecule has 19 heavy (non-hydrogen) atoms. The average Bonchev–Trinajstić information content (AvgIpc) is 2.86. The molecule has 2 aromatic heterocycles. The van der Waals surface area contributed by atoms with E-state index in [-0.39, 0.29) is 5.54 Å². The summed E-state index contributed by atoms with van der Waals surface area (Å²) in [6, 6.07) is 4.24. The van der Waals surface area contributed by atoms with Crippen molar-refractivity contribution >= 4 is 23.1 Å². The third-order valence-electron chi connectivity index (χ3n) is 2.78. The van der Waals surface area contributed by atoms with Gasteiger partial charge in [0.1, 0.15) is 5.03 Å². The van der Waals surface area contributed by atoms with Crippen molar-refractivity contribution in [1.29, 1.82) is 0 Å². The number of rotatable bonds is 4. The molecule has 0 aliphatic heterocycles. The molecule has 2 rings (SSSR count). The zero-order valence-corrected chi connectivity index (χ0v) is 13.8. The van der Waals surface area contributed by atoms with Crippen molar-refractivity contribution in [3.63, 3.8) is 0 Å². The fourth-order valence-corrected chi connectivity index (χ4v) is 3.68. The van der Waals surface area contributed by atoms with E-state index in [1.54, 1.807) is 23.1 Å². The standard InChI is InChI=1S/C14H21N3S2/c1-10-11(9-15-14(2,3)4)13(17(5)16-10)19-12-7-6-8-18-12/h6-8,15H,9H2,1-5H3. The van der Waals surface area contributed by atoms with Gasteiger partial charge in [0.25, 0.3) is 0 Å². The average molecular weight is 295 g/mol. The minimum atomic E-state index is 0.118. The first-order valence-electron chi connectivity index (χ1n) is 6.35. The Kier molecular flexibility index (Phi) is 4.38. The highest BCUT2D eigenvalue weighted by atomic mass is 32.2. The molecule has 0 amide bonds. The normalized spacial score (nSPS) is 12.1. The van der Waals surface area contributed by atoms with Gasteiger partial charge in [0.05, 0.1) is 9.90 Å². The van der Waals surface area contributed by atoms with Gasteiger partial charge in [-0.3, -0.25) is 4.68 Å². The molecule has 5 heteroatoms. The van der Waals surface area contributed by atoms with Crippen molar-refractivity contribution in [1.82, 2.24) is 15.1 Å². The van der Waals surface area contributed by atoms with Crippen LogP contribution >= 0.6 is 23.1 Å². The maximum Gasteiger partial charge on any atom is 0.104 e. The molecule has 0 aliphatic carbocycles. The number of aryl methyl sites for hydroxylation is 2. The Labute approximate surface area is 123 Å². The van der Waals surface area contributed by atoms with Crippen LogP contribution < -0.4 is 5.32 Å². The van der Waals surface area contributed by atoms with Crippen molar-refractivity contribution in [3.05, 3.63) is 28.8 Å². The predicted molar refractivity (Wildman–Crippen MR) is 83.0 cm³/mol. The van der Waals surface area contributed by atoms with E-state index in [4.69, 9.17) is 0 Å². The molecule has 2 aromatic rings. The largest absolute Gasteiger partial charge is 0.308 e. The highest BCUT2D eigenvalue weighted by molar-refractivity contribution is 8.01. The lowest BCUT2D eigenvalue weighted by Gasteiger charge is -2.20. The number of aromatic nitrogens is 2. The van der Waals surface area contributed by atoms with Crippen LogP contribution in [-0.2, 0) is 13.6 Å². The summed E-state index contributed by atoms with van der Waals surface area (Å²) in [5, 5.41) is 11.4. The van der Waals surface area contributed by atoms with Gasteiger partial charge in [-0.2, -0.15) is 5.10 Å². The molecule has 1 N–H and O–H groups in total. The highest BCUT2D eigenvalue weighted by Gasteiger charge is 2.17. The monoisotopic (exact) mass is 295 g/mol. The molecule has 0 radical (unpaired) electrons. The predicted octanol–water partition coefficient (Wildman–Crippen LogP) is 3.83. The van der Waals surface area contributed by atoms with Crippen LogP contribution in [0.15, 0.2) is 26.7 Å². The lowest BCUT2D eigenvalue weighted by Crippen LogP contribution is -2.35. The van der Waals surface area contributed by atoms with Gasteiger partial charge in [0.15, 0.2) is 0 Å². The quantitative estimate of drug-likeness (QED) is 0.929. The number of nitrogens with one attached hydrogen (secondary N) is 1. The van der Waals surface area contributed by atoms with Crippen LogP contribution in [0.3, 0.4) is 0 Å². The Balaban J connectivity index is 2.22. The molecule has 0 aliphatic rings. The zero-order chi connectivity index (χ0) is 14.0. The lowest BCUT2D eigenvalue weighted by molar-refractivity contribution is 0.421. The van der Waals surface area contributed by atoms with Crippen molar-refractivity contribution in [2.24, 2.45) is 7.05 Å². The summed E-state index contributed by atoms with van der Waals surface area (Å²) in [4.78, 5) is 0. The van der Waals surface area contributed by atoms with E-state index in [2.05, 4.69) is 55.6 Å². The van der Waals surface area contributed by atoms with Gasteiger partial charge in [0.2, 0.25) is 0 Å². The maximum atomic E-state index is 4.55. The van der Waals surface area contributed by atoms with Crippen LogP contribution in [0.2, 0.25) is 0 Å². The van der Waals surface area contributed by atoms with Gasteiger partial charge >= 0.3 is 0 Å². The molecule has 104 valence electrons. The first kappa shape index (κ1) is 14.6. The number of hydrogen-bond donors (Lipinski definition) is 1. The summed E-state index contributed by atoms with van der Waals surface area (Å²) in [5.41, 5.74) is 2.53. The fourth-order valence-electron chi connectivity index (χ4n) is 1.78. The smallest absolute Gasteiger partial charge is 0.104 e. The molecular weight excluding hydrogens is 274 g/mol. The summed E-state index contributed by atoms with van der Waals surface area (Å²) < 4.78 is 3.29. The molecule has 0 bridgehead atoms. The van der Waals surface area contributed by atoms with E-state index in [0.29, 0.717) is 0 Å². The van der Waals surface area contributed by atoms with Crippen molar-refractivity contribution in [2.75, 3.05) is 0 Å². The summed E-state index contributed by atoms with van der Waals surface area (Å²) in [6.07, 6.45) is 0. The van der Waals surface area contributed by atoms with E-state index >= 15 is 0 Å². The van der Waals surface area contributed by atoms with E-state index in [9.17, 15) is 0 Å². The molecule has 0 unspecified atom stereocenters. The van der Waals surface area contributed by atoms with Gasteiger partial charge in [-0.25, -0.2) is 0 Å². The van der Waals surface area contributed by atoms with Crippen LogP contribution in [-0.4, -0.2) is 15.3 Å². The van der Waals surface area contributed by atoms with Gasteiger partial charge in [0, 0.05) is 24.7 Å². The summed E-state index contributed by atoms with van der Waals surface area (Å²) in [7, 11) is 2.02. The third kappa shape index (κ3) is 3.84. The topological polar surface area (TPSA) is 29.9 Å². The highest BCUT2D eigenvalue weighted by Crippen LogP contribution is 2.34. The Morgan fingerprint density at radius 2 is 2.16 bits per heavy atom. The second kappa shape index (κ2) is 5.69. The molecule has 0 spiro atoms. The van der Waals surface area contributed by atoms with E-state index in [1.165, 1.54) is 14.8 Å². The van der Waals surface area contributed by atoms with Gasteiger partial charge in [-0.1, -0.05) is 17.8 Å². The molecule has 0 saturated heterocycles. The summed E-state index contributed by atoms with van der Waals surface area (Å²) in [5.74, 6) is 0. The first-order valence-corrected chi connectivity index (χ1v) is 8.05. The van der Waals surface area contributed by atoms with Gasteiger partial charge in [-0.05, 0) is 39.1 Å². The second-order valence-corrected chi connectivity index (χ2v) is 7.87. The van der Waals surface area contributed by atoms with Gasteiger partial charge in [-0.15, -0.1) is 11.3 Å². The Bertz CT molecular complexity index is 536. The molecule has 0 saturated carbocycles. The second-order valence-electron chi connectivity index (χ2n) is 5.63. The third-order valence-corrected chi connectivity index (χ3v) is 5.02. The maximum absolute atomic E-state index is 4.55. The number of hydrogen-bond acceptors (Lipinski definition) is 4. The molecule has 0 fully saturated rings. The molecular formula is C14H21N3S2. The van der Waals surface area contributed by atoms with Crippen LogP contribution in [0.1, 0.15) is 32.0 Å². The summed E-state index contributed by atoms with van der Waals surface area (Å²) in [6.45, 7) is 9.50. The van der Waals surface area contributed by atoms with E-state index < -0.39 is 0 Å². The Morgan fingerprint density at radius 3 is 2.74 bits per heavy atom. The minimum absolute atomic E-state index is 0.118. The number of nitrogens with zero attached hydrogens (tertiary/aromatic N) is 2. The SMILES string of the molecule is Cc1nn(C)c(Sc2cccs2)c1CNC(C)(C)C. The van der Waals surface area contributed by atoms with Crippen molar-refractivity contribution < 1.29 is 0 Å². The van der Waals surface area contributed by atoms with Crippen LogP contribution in [0.25, 0.3) is 0 Å². The molecule has 2 heterocycles. The lowest BCUT2D eigenvalue weighted by atomic mass is 10.1. The van der Waals surface area contributed by atoms with Crippen molar-refractivity contribution in [3.8, 4) is 0 Å². The van der Waals surface area contributed by atoms with Crippen molar-refractivity contribution in [2.45, 2.75) is 49.0 Å². The van der Waals surface area contributed by atoms with Crippen LogP contribution in [0.5, 0.6) is 0 Å². The van der Waals surface area contributed by atoms with Crippen LogP contribution in [0.4, 0.5) is 0 Å². The fraction of sp³-hybridized carbons (Fsp3) is 0.500. The molecule has 0 atom stereocenters. The van der Waals surface area contributed by atoms with Gasteiger partial charge < -0.3 is 5.32 Å². The molecule has 3 nitrogen and oxygen atoms in total. The minimum Gasteiger partial charge on any atom is -0.308 e. The Hall–Kier alpha value is -0.780. The summed E-state index contributed by atoms with van der Waals surface area (Å²) >= 11 is 3.57. The van der Waals surface area contributed by atoms with Crippen LogP contribution in [0, 0.1) is 6.92 Å².